The molecule has 0 spiro atoms. The van der Waals surface area contributed by atoms with E-state index >= 15 is 0 Å². The first kappa shape index (κ1) is 20.3. The highest BCUT2D eigenvalue weighted by atomic mass is 32.1. The molecule has 0 unspecified atom stereocenters. The fraction of sp³-hybridized carbons (Fsp3) is 0.667. The highest BCUT2D eigenvalue weighted by Gasteiger charge is 2.26. The topological polar surface area (TPSA) is 73.5 Å². The standard InChI is InChI=1S/C21H29N3O4S/c1-3-28-17(25)13-24-19(26)18-15-12-14(2)6-7-16(15)29-20(18)23(21(24)27)11-10-22-8-4-5-9-22/h14H,3-13H2,1-2H3/t14-/m1/s1. The Kier molecular flexibility index (Phi) is 5.92. The van der Waals surface area contributed by atoms with E-state index in [2.05, 4.69) is 11.8 Å². The van der Waals surface area contributed by atoms with Crippen LogP contribution in [0.25, 0.3) is 10.2 Å². The second-order valence-electron chi connectivity index (χ2n) is 8.21. The van der Waals surface area contributed by atoms with Crippen LogP contribution in [-0.2, 0) is 35.5 Å². The van der Waals surface area contributed by atoms with Crippen molar-refractivity contribution in [3.8, 4) is 0 Å². The number of thiophene rings is 1. The minimum atomic E-state index is -0.547. The van der Waals surface area contributed by atoms with Crippen molar-refractivity contribution in [2.45, 2.75) is 59.0 Å². The van der Waals surface area contributed by atoms with E-state index in [0.29, 0.717) is 17.8 Å². The van der Waals surface area contributed by atoms with Crippen LogP contribution in [0.4, 0.5) is 0 Å². The smallest absolute Gasteiger partial charge is 0.332 e. The van der Waals surface area contributed by atoms with Crippen molar-refractivity contribution in [1.82, 2.24) is 14.0 Å². The van der Waals surface area contributed by atoms with Crippen LogP contribution in [0.5, 0.6) is 0 Å². The number of carbonyl (C=O) groups excluding carboxylic acids is 1. The van der Waals surface area contributed by atoms with E-state index < -0.39 is 11.7 Å². The Labute approximate surface area is 173 Å². The molecular formula is C21H29N3O4S. The Hall–Kier alpha value is -1.93. The zero-order valence-corrected chi connectivity index (χ0v) is 18.1. The molecule has 0 amide bonds. The average Bonchev–Trinajstić information content (AvgIpc) is 3.33. The van der Waals surface area contributed by atoms with Crippen LogP contribution in [-0.4, -0.2) is 46.2 Å². The number of nitrogens with zero attached hydrogens (tertiary/aromatic N) is 3. The molecular weight excluding hydrogens is 390 g/mol. The number of hydrogen-bond acceptors (Lipinski definition) is 6. The van der Waals surface area contributed by atoms with E-state index in [1.54, 1.807) is 22.8 Å². The van der Waals surface area contributed by atoms with Crippen molar-refractivity contribution in [2.24, 2.45) is 5.92 Å². The van der Waals surface area contributed by atoms with Gasteiger partial charge in [-0.3, -0.25) is 14.2 Å². The van der Waals surface area contributed by atoms with Gasteiger partial charge in [-0.25, -0.2) is 9.36 Å². The maximum atomic E-state index is 13.3. The molecule has 1 aliphatic heterocycles. The average molecular weight is 420 g/mol. The molecule has 1 fully saturated rings. The highest BCUT2D eigenvalue weighted by molar-refractivity contribution is 7.18. The summed E-state index contributed by atoms with van der Waals surface area (Å²) in [5, 5.41) is 0.641. The predicted octanol–water partition coefficient (Wildman–Crippen LogP) is 2.01. The van der Waals surface area contributed by atoms with Crippen LogP contribution in [0.1, 0.15) is 43.6 Å². The fourth-order valence-corrected chi connectivity index (χ4v) is 5.88. The summed E-state index contributed by atoms with van der Waals surface area (Å²) < 4.78 is 7.81. The van der Waals surface area contributed by atoms with E-state index in [0.717, 1.165) is 53.9 Å². The molecule has 3 heterocycles. The number of hydrogen-bond donors (Lipinski definition) is 0. The van der Waals surface area contributed by atoms with Gasteiger partial charge in [-0.05, 0) is 63.6 Å². The van der Waals surface area contributed by atoms with Gasteiger partial charge in [0.15, 0.2) is 0 Å². The molecule has 0 bridgehead atoms. The molecule has 0 aromatic carbocycles. The molecule has 0 N–H and O–H groups in total. The largest absolute Gasteiger partial charge is 0.465 e. The lowest BCUT2D eigenvalue weighted by Gasteiger charge is -2.18. The van der Waals surface area contributed by atoms with Crippen LogP contribution in [0.3, 0.4) is 0 Å². The molecule has 2 aromatic heterocycles. The fourth-order valence-electron chi connectivity index (χ4n) is 4.53. The third-order valence-electron chi connectivity index (χ3n) is 6.09. The monoisotopic (exact) mass is 419 g/mol. The summed E-state index contributed by atoms with van der Waals surface area (Å²) in [6.45, 7) is 7.24. The second kappa shape index (κ2) is 8.44. The quantitative estimate of drug-likeness (QED) is 0.670. The maximum absolute atomic E-state index is 13.3. The van der Waals surface area contributed by atoms with Gasteiger partial charge < -0.3 is 9.64 Å². The third-order valence-corrected chi connectivity index (χ3v) is 7.40. The molecule has 29 heavy (non-hydrogen) atoms. The van der Waals surface area contributed by atoms with Gasteiger partial charge in [-0.2, -0.15) is 0 Å². The van der Waals surface area contributed by atoms with Crippen molar-refractivity contribution in [3.63, 3.8) is 0 Å². The zero-order valence-electron chi connectivity index (χ0n) is 17.2. The van der Waals surface area contributed by atoms with Gasteiger partial charge in [0.1, 0.15) is 11.4 Å². The van der Waals surface area contributed by atoms with Gasteiger partial charge in [0.25, 0.3) is 5.56 Å². The first-order valence-electron chi connectivity index (χ1n) is 10.7. The molecule has 1 aliphatic carbocycles. The summed E-state index contributed by atoms with van der Waals surface area (Å²) in [5.41, 5.74) is 0.338. The molecule has 158 valence electrons. The molecule has 1 saturated heterocycles. The number of aryl methyl sites for hydroxylation is 1. The van der Waals surface area contributed by atoms with E-state index in [1.807, 2.05) is 0 Å². The first-order chi connectivity index (χ1) is 14.0. The summed E-state index contributed by atoms with van der Waals surface area (Å²) >= 11 is 1.59. The van der Waals surface area contributed by atoms with Crippen LogP contribution in [0.2, 0.25) is 0 Å². The summed E-state index contributed by atoms with van der Waals surface area (Å²) in [4.78, 5) is 42.9. The van der Waals surface area contributed by atoms with Crippen molar-refractivity contribution in [2.75, 3.05) is 26.2 Å². The normalized spacial score (nSPS) is 19.6. The molecule has 2 aliphatic rings. The minimum Gasteiger partial charge on any atom is -0.465 e. The summed E-state index contributed by atoms with van der Waals surface area (Å²) in [6.07, 6.45) is 5.30. The van der Waals surface area contributed by atoms with E-state index in [9.17, 15) is 14.4 Å². The Balaban J connectivity index is 1.83. The summed E-state index contributed by atoms with van der Waals surface area (Å²) in [6, 6.07) is 0. The van der Waals surface area contributed by atoms with Gasteiger partial charge in [-0.15, -0.1) is 11.3 Å². The number of esters is 1. The predicted molar refractivity (Wildman–Crippen MR) is 114 cm³/mol. The molecule has 8 heteroatoms. The second-order valence-corrected chi connectivity index (χ2v) is 9.29. The number of likely N-dealkylation sites (tertiary alicyclic amines) is 1. The molecule has 2 aromatic rings. The number of aromatic nitrogens is 2. The molecule has 0 saturated carbocycles. The molecule has 4 rings (SSSR count). The van der Waals surface area contributed by atoms with Gasteiger partial charge in [-0.1, -0.05) is 6.92 Å². The number of rotatable bonds is 6. The lowest BCUT2D eigenvalue weighted by atomic mass is 9.89. The van der Waals surface area contributed by atoms with Crippen molar-refractivity contribution in [1.29, 1.82) is 0 Å². The lowest BCUT2D eigenvalue weighted by molar-refractivity contribution is -0.143. The van der Waals surface area contributed by atoms with E-state index in [4.69, 9.17) is 4.74 Å². The highest BCUT2D eigenvalue weighted by Crippen LogP contribution is 2.36. The third kappa shape index (κ3) is 3.92. The van der Waals surface area contributed by atoms with Crippen LogP contribution < -0.4 is 11.2 Å². The number of fused-ring (bicyclic) bond motifs is 3. The number of ether oxygens (including phenoxy) is 1. The Bertz CT molecular complexity index is 1030. The first-order valence-corrected chi connectivity index (χ1v) is 11.5. The SMILES string of the molecule is CCOC(=O)Cn1c(=O)c2c3c(sc2n(CCN2CCCC2)c1=O)CC[C@@H](C)C3. The van der Waals surface area contributed by atoms with Crippen molar-refractivity contribution < 1.29 is 9.53 Å². The maximum Gasteiger partial charge on any atom is 0.332 e. The van der Waals surface area contributed by atoms with E-state index in [1.165, 1.54) is 17.7 Å². The van der Waals surface area contributed by atoms with Crippen molar-refractivity contribution >= 4 is 27.5 Å². The molecule has 7 nitrogen and oxygen atoms in total. The Morgan fingerprint density at radius 2 is 1.93 bits per heavy atom. The van der Waals surface area contributed by atoms with E-state index in [-0.39, 0.29) is 18.7 Å². The van der Waals surface area contributed by atoms with Gasteiger partial charge in [0.2, 0.25) is 0 Å². The minimum absolute atomic E-state index is 0.227. The Morgan fingerprint density at radius 1 is 1.17 bits per heavy atom. The van der Waals surface area contributed by atoms with Crippen LogP contribution in [0.15, 0.2) is 9.59 Å². The van der Waals surface area contributed by atoms with Gasteiger partial charge in [0, 0.05) is 18.0 Å². The Morgan fingerprint density at radius 3 is 2.66 bits per heavy atom. The van der Waals surface area contributed by atoms with Crippen LogP contribution >= 0.6 is 11.3 Å². The number of carbonyl (C=O) groups is 1. The van der Waals surface area contributed by atoms with Gasteiger partial charge >= 0.3 is 11.7 Å². The summed E-state index contributed by atoms with van der Waals surface area (Å²) in [7, 11) is 0. The summed E-state index contributed by atoms with van der Waals surface area (Å²) in [5.74, 6) is -0.0298. The molecule has 1 atom stereocenters. The molecule has 0 radical (unpaired) electrons. The lowest BCUT2D eigenvalue weighted by Crippen LogP contribution is -2.43. The van der Waals surface area contributed by atoms with Crippen LogP contribution in [0, 0.1) is 5.92 Å². The van der Waals surface area contributed by atoms with Crippen molar-refractivity contribution in [3.05, 3.63) is 31.3 Å². The zero-order chi connectivity index (χ0) is 20.5. The van der Waals surface area contributed by atoms with Gasteiger partial charge in [0.05, 0.1) is 12.0 Å².